The molecular weight excluding hydrogens is 400 g/mol. The lowest BCUT2D eigenvalue weighted by Gasteiger charge is -2.56. The van der Waals surface area contributed by atoms with Crippen molar-refractivity contribution in [2.45, 2.75) is 83.8 Å². The highest BCUT2D eigenvalue weighted by atomic mass is 16.3. The number of rotatable bonds is 3. The zero-order valence-corrected chi connectivity index (χ0v) is 19.4. The van der Waals surface area contributed by atoms with Gasteiger partial charge in [-0.2, -0.15) is 0 Å². The van der Waals surface area contributed by atoms with Crippen molar-refractivity contribution in [1.29, 1.82) is 0 Å². The molecule has 6 rings (SSSR count). The molecule has 6 nitrogen and oxygen atoms in total. The molecule has 0 aliphatic heterocycles. The first-order valence-electron chi connectivity index (χ1n) is 12.7. The van der Waals surface area contributed by atoms with E-state index in [-0.39, 0.29) is 11.3 Å². The fraction of sp³-hybridized carbons (Fsp3) is 0.769. The fourth-order valence-electron chi connectivity index (χ4n) is 8.80. The molecule has 1 unspecified atom stereocenters. The molecule has 172 valence electrons. The molecule has 2 aromatic heterocycles. The summed E-state index contributed by atoms with van der Waals surface area (Å²) in [6.07, 6.45) is 13.8. The molecule has 4 fully saturated rings. The van der Waals surface area contributed by atoms with Crippen LogP contribution in [-0.2, 0) is 11.3 Å². The first-order valence-corrected chi connectivity index (χ1v) is 12.7. The molecule has 6 heteroatoms. The molecule has 32 heavy (non-hydrogen) atoms. The summed E-state index contributed by atoms with van der Waals surface area (Å²) in [5.74, 6) is 4.21. The largest absolute Gasteiger partial charge is 0.390 e. The summed E-state index contributed by atoms with van der Waals surface area (Å²) in [7, 11) is 0. The smallest absolute Gasteiger partial charge is 0.157 e. The number of aliphatic hydroxyl groups is 1. The summed E-state index contributed by atoms with van der Waals surface area (Å²) in [4.78, 5) is 17.7. The summed E-state index contributed by atoms with van der Waals surface area (Å²) in [6, 6.07) is 1.85. The molecule has 4 aliphatic rings. The Morgan fingerprint density at radius 1 is 1.09 bits per heavy atom. The molecule has 2 heterocycles. The van der Waals surface area contributed by atoms with Gasteiger partial charge in [-0.1, -0.05) is 12.1 Å². The zero-order valence-electron chi connectivity index (χ0n) is 19.4. The van der Waals surface area contributed by atoms with Gasteiger partial charge in [0.2, 0.25) is 0 Å². The van der Waals surface area contributed by atoms with Crippen LogP contribution in [0.15, 0.2) is 18.5 Å². The van der Waals surface area contributed by atoms with E-state index >= 15 is 0 Å². The van der Waals surface area contributed by atoms with E-state index in [0.717, 1.165) is 48.0 Å². The molecular formula is C26H36N4O2. The number of fused-ring (bicyclic) bond motifs is 6. The van der Waals surface area contributed by atoms with Crippen molar-refractivity contribution in [1.82, 2.24) is 20.0 Å². The lowest BCUT2D eigenvalue weighted by atomic mass is 9.49. The van der Waals surface area contributed by atoms with Gasteiger partial charge in [-0.25, -0.2) is 4.68 Å². The minimum absolute atomic E-state index is 0.125. The maximum Gasteiger partial charge on any atom is 0.157 e. The van der Waals surface area contributed by atoms with E-state index in [2.05, 4.69) is 22.2 Å². The molecule has 0 amide bonds. The average molecular weight is 437 g/mol. The molecule has 0 saturated heterocycles. The molecule has 2 aromatic rings. The van der Waals surface area contributed by atoms with Crippen LogP contribution in [0.2, 0.25) is 0 Å². The molecule has 4 saturated carbocycles. The van der Waals surface area contributed by atoms with E-state index in [1.165, 1.54) is 38.5 Å². The molecule has 0 bridgehead atoms. The minimum atomic E-state index is -0.455. The van der Waals surface area contributed by atoms with Crippen molar-refractivity contribution in [3.05, 3.63) is 18.5 Å². The van der Waals surface area contributed by atoms with Gasteiger partial charge >= 0.3 is 0 Å². The van der Waals surface area contributed by atoms with Gasteiger partial charge in [0.15, 0.2) is 5.78 Å². The number of nitrogens with zero attached hydrogens (tertiary/aromatic N) is 4. The van der Waals surface area contributed by atoms with Crippen molar-refractivity contribution in [2.75, 3.05) is 0 Å². The maximum absolute atomic E-state index is 13.5. The first kappa shape index (κ1) is 20.8. The standard InChI is InChI=1S/C26H36N4O2/c1-25(32)10-7-17-16(13-25)3-4-19-18(17)8-11-26(2)20(19)5-6-21(26)24(31)15-30-23-14-27-12-9-22(23)28-29-30/h9,12,14,16-21,32H,3-8,10-11,13,15H2,1-2H3/t16-,17-,18+,19?,20-,21+,25+,26-/m0/s1. The third kappa shape index (κ3) is 3.16. The Balaban J connectivity index is 1.20. The predicted molar refractivity (Wildman–Crippen MR) is 122 cm³/mol. The van der Waals surface area contributed by atoms with Crippen molar-refractivity contribution in [2.24, 2.45) is 40.9 Å². The maximum atomic E-state index is 13.5. The molecule has 8 atom stereocenters. The lowest BCUT2D eigenvalue weighted by Crippen LogP contribution is -2.51. The normalized spacial score (nSPS) is 43.5. The number of Topliss-reactive ketones (excluding diaryl/α,β-unsaturated/α-hetero) is 1. The SMILES string of the molecule is C[C@@]1(O)CC[C@H]2[C@@H](CCC3[C@@H]2CC[C@]2(C)[C@@H](C(=O)Cn4nnc5ccncc54)CC[C@@H]32)C1. The number of pyridine rings is 1. The summed E-state index contributed by atoms with van der Waals surface area (Å²) >= 11 is 0. The van der Waals surface area contributed by atoms with E-state index in [1.54, 1.807) is 17.1 Å². The van der Waals surface area contributed by atoms with Gasteiger partial charge < -0.3 is 5.11 Å². The highest BCUT2D eigenvalue weighted by molar-refractivity contribution is 5.84. The topological polar surface area (TPSA) is 80.9 Å². The quantitative estimate of drug-likeness (QED) is 0.771. The fourth-order valence-corrected chi connectivity index (χ4v) is 8.80. The molecule has 4 aliphatic carbocycles. The van der Waals surface area contributed by atoms with Crippen molar-refractivity contribution < 1.29 is 9.90 Å². The Labute approximate surface area is 190 Å². The summed E-state index contributed by atoms with van der Waals surface area (Å²) < 4.78 is 1.74. The summed E-state index contributed by atoms with van der Waals surface area (Å²) in [5.41, 5.74) is 1.31. The second kappa shape index (κ2) is 7.34. The monoisotopic (exact) mass is 436 g/mol. The Bertz CT molecular complexity index is 1030. The predicted octanol–water partition coefficient (Wildman–Crippen LogP) is 4.42. The van der Waals surface area contributed by atoms with Crippen molar-refractivity contribution in [3.63, 3.8) is 0 Å². The van der Waals surface area contributed by atoms with Crippen LogP contribution in [-0.4, -0.2) is 36.5 Å². The number of hydrogen-bond acceptors (Lipinski definition) is 5. The third-order valence-corrected chi connectivity index (χ3v) is 10.2. The van der Waals surface area contributed by atoms with E-state index in [0.29, 0.717) is 24.2 Å². The van der Waals surface area contributed by atoms with Crippen LogP contribution in [0.25, 0.3) is 11.0 Å². The zero-order chi connectivity index (χ0) is 22.1. The highest BCUT2D eigenvalue weighted by Gasteiger charge is 2.58. The number of carbonyl (C=O) groups excluding carboxylic acids is 1. The van der Waals surface area contributed by atoms with Crippen LogP contribution < -0.4 is 0 Å². The molecule has 0 spiro atoms. The van der Waals surface area contributed by atoms with E-state index in [9.17, 15) is 9.90 Å². The van der Waals surface area contributed by atoms with E-state index in [1.807, 2.05) is 13.0 Å². The van der Waals surface area contributed by atoms with Crippen molar-refractivity contribution >= 4 is 16.8 Å². The van der Waals surface area contributed by atoms with Crippen LogP contribution in [0.3, 0.4) is 0 Å². The van der Waals surface area contributed by atoms with Crippen molar-refractivity contribution in [3.8, 4) is 0 Å². The van der Waals surface area contributed by atoms with Gasteiger partial charge in [-0.3, -0.25) is 9.78 Å². The summed E-state index contributed by atoms with van der Waals surface area (Å²) in [6.45, 7) is 4.76. The third-order valence-electron chi connectivity index (χ3n) is 10.2. The van der Waals surface area contributed by atoms with Gasteiger partial charge in [0.25, 0.3) is 0 Å². The number of carbonyl (C=O) groups is 1. The Hall–Kier alpha value is -1.82. The minimum Gasteiger partial charge on any atom is -0.390 e. The second-order valence-corrected chi connectivity index (χ2v) is 11.9. The second-order valence-electron chi connectivity index (χ2n) is 11.9. The van der Waals surface area contributed by atoms with Crippen LogP contribution in [0, 0.1) is 40.9 Å². The Morgan fingerprint density at radius 3 is 2.81 bits per heavy atom. The average Bonchev–Trinajstić information content (AvgIpc) is 3.33. The molecule has 0 aromatic carbocycles. The number of hydrogen-bond donors (Lipinski definition) is 1. The molecule has 1 N–H and O–H groups in total. The van der Waals surface area contributed by atoms with Crippen LogP contribution in [0.4, 0.5) is 0 Å². The number of aromatic nitrogens is 4. The first-order chi connectivity index (χ1) is 15.4. The van der Waals surface area contributed by atoms with Gasteiger partial charge in [0.05, 0.1) is 11.8 Å². The van der Waals surface area contributed by atoms with Gasteiger partial charge in [0.1, 0.15) is 17.6 Å². The van der Waals surface area contributed by atoms with Crippen LogP contribution in [0.1, 0.15) is 71.6 Å². The van der Waals surface area contributed by atoms with Gasteiger partial charge in [-0.05, 0) is 106 Å². The van der Waals surface area contributed by atoms with Gasteiger partial charge in [-0.15, -0.1) is 5.10 Å². The van der Waals surface area contributed by atoms with E-state index < -0.39 is 5.60 Å². The Kier molecular flexibility index (Phi) is 4.76. The van der Waals surface area contributed by atoms with E-state index in [4.69, 9.17) is 0 Å². The molecule has 0 radical (unpaired) electrons. The van der Waals surface area contributed by atoms with Crippen LogP contribution in [0.5, 0.6) is 0 Å². The summed E-state index contributed by atoms with van der Waals surface area (Å²) in [5, 5.41) is 19.1. The highest BCUT2D eigenvalue weighted by Crippen LogP contribution is 2.64. The number of ketones is 1. The van der Waals surface area contributed by atoms with Gasteiger partial charge in [0, 0.05) is 12.1 Å². The lowest BCUT2D eigenvalue weighted by molar-refractivity contribution is -0.133. The van der Waals surface area contributed by atoms with Crippen LogP contribution >= 0.6 is 0 Å². The Morgan fingerprint density at radius 2 is 1.94 bits per heavy atom.